The van der Waals surface area contributed by atoms with Crippen LogP contribution in [0.2, 0.25) is 0 Å². The molecular weight excluding hydrogens is 390 g/mol. The molecule has 0 fully saturated rings. The number of thioether (sulfide) groups is 1. The van der Waals surface area contributed by atoms with Gasteiger partial charge in [0.25, 0.3) is 0 Å². The third-order valence-corrected chi connectivity index (χ3v) is 5.20. The molecule has 0 aliphatic carbocycles. The van der Waals surface area contributed by atoms with Crippen LogP contribution in [0, 0.1) is 6.92 Å². The second kappa shape index (κ2) is 9.76. The maximum Gasteiger partial charge on any atom is 0.420 e. The van der Waals surface area contributed by atoms with Crippen molar-refractivity contribution in [2.45, 2.75) is 25.2 Å². The van der Waals surface area contributed by atoms with Crippen molar-refractivity contribution in [3.05, 3.63) is 36.0 Å². The minimum atomic E-state index is -0.476. The molecule has 0 radical (unpaired) electrons. The number of hydrogen-bond donors (Lipinski definition) is 0. The number of imidazole rings is 1. The Balaban J connectivity index is 2.11. The van der Waals surface area contributed by atoms with Crippen molar-refractivity contribution in [2.24, 2.45) is 0 Å². The molecule has 2 heterocycles. The lowest BCUT2D eigenvalue weighted by molar-refractivity contribution is 0.155. The lowest BCUT2D eigenvalue weighted by Crippen LogP contribution is -2.15. The SMILES string of the molecule is CCOC(=O)n1c(-c2nccc(OCCCOC)c2C)nc2c(SC)cccc21. The maximum absolute atomic E-state index is 12.8. The zero-order chi connectivity index (χ0) is 20.8. The summed E-state index contributed by atoms with van der Waals surface area (Å²) in [7, 11) is 1.67. The van der Waals surface area contributed by atoms with Crippen molar-refractivity contribution in [3.63, 3.8) is 0 Å². The fourth-order valence-corrected chi connectivity index (χ4v) is 3.61. The minimum Gasteiger partial charge on any atom is -0.493 e. The quantitative estimate of drug-likeness (QED) is 0.395. The third kappa shape index (κ3) is 4.38. The summed E-state index contributed by atoms with van der Waals surface area (Å²) in [4.78, 5) is 23.0. The van der Waals surface area contributed by atoms with Crippen LogP contribution in [0.1, 0.15) is 18.9 Å². The van der Waals surface area contributed by atoms with E-state index in [9.17, 15) is 4.79 Å². The first kappa shape index (κ1) is 21.1. The first-order valence-electron chi connectivity index (χ1n) is 9.42. The average molecular weight is 416 g/mol. The summed E-state index contributed by atoms with van der Waals surface area (Å²) in [5, 5.41) is 0. The zero-order valence-corrected chi connectivity index (χ0v) is 17.9. The van der Waals surface area contributed by atoms with E-state index in [1.54, 1.807) is 32.0 Å². The van der Waals surface area contributed by atoms with Crippen LogP contribution in [0.25, 0.3) is 22.6 Å². The van der Waals surface area contributed by atoms with Gasteiger partial charge in [-0.1, -0.05) is 6.07 Å². The summed E-state index contributed by atoms with van der Waals surface area (Å²) < 4.78 is 17.7. The average Bonchev–Trinajstić information content (AvgIpc) is 3.12. The standard InChI is InChI=1S/C21H25N3O4S/c1-5-27-21(25)24-15-8-6-9-17(29-4)19(15)23-20(24)18-14(2)16(10-11-22-18)28-13-7-12-26-3/h6,8-11H,5,7,12-13H2,1-4H3. The molecule has 0 bridgehead atoms. The van der Waals surface area contributed by atoms with Crippen molar-refractivity contribution in [3.8, 4) is 17.3 Å². The zero-order valence-electron chi connectivity index (χ0n) is 17.1. The summed E-state index contributed by atoms with van der Waals surface area (Å²) >= 11 is 1.58. The van der Waals surface area contributed by atoms with Gasteiger partial charge >= 0.3 is 6.09 Å². The van der Waals surface area contributed by atoms with Gasteiger partial charge in [0.1, 0.15) is 17.0 Å². The molecule has 0 N–H and O–H groups in total. The predicted molar refractivity (Wildman–Crippen MR) is 114 cm³/mol. The Bertz CT molecular complexity index is 1000. The van der Waals surface area contributed by atoms with Gasteiger partial charge in [0.2, 0.25) is 0 Å². The smallest absolute Gasteiger partial charge is 0.420 e. The Morgan fingerprint density at radius 3 is 2.79 bits per heavy atom. The molecule has 0 unspecified atom stereocenters. The van der Waals surface area contributed by atoms with Gasteiger partial charge in [-0.15, -0.1) is 11.8 Å². The van der Waals surface area contributed by atoms with E-state index in [1.807, 2.05) is 37.4 Å². The number of pyridine rings is 1. The molecule has 0 spiro atoms. The molecule has 0 atom stereocenters. The Morgan fingerprint density at radius 2 is 2.07 bits per heavy atom. The molecule has 154 valence electrons. The van der Waals surface area contributed by atoms with E-state index in [0.29, 0.717) is 36.0 Å². The summed E-state index contributed by atoms with van der Waals surface area (Å²) in [6.45, 7) is 5.13. The van der Waals surface area contributed by atoms with Crippen LogP contribution >= 0.6 is 11.8 Å². The number of ether oxygens (including phenoxy) is 3. The van der Waals surface area contributed by atoms with E-state index in [-0.39, 0.29) is 6.61 Å². The van der Waals surface area contributed by atoms with Crippen molar-refractivity contribution in [1.82, 2.24) is 14.5 Å². The number of carbonyl (C=O) groups excluding carboxylic acids is 1. The number of para-hydroxylation sites is 1. The van der Waals surface area contributed by atoms with Crippen LogP contribution < -0.4 is 4.74 Å². The molecule has 0 saturated carbocycles. The van der Waals surface area contributed by atoms with Gasteiger partial charge < -0.3 is 14.2 Å². The molecular formula is C21H25N3O4S. The second-order valence-corrected chi connectivity index (χ2v) is 7.12. The highest BCUT2D eigenvalue weighted by molar-refractivity contribution is 7.98. The summed E-state index contributed by atoms with van der Waals surface area (Å²) in [6, 6.07) is 7.57. The van der Waals surface area contributed by atoms with Crippen LogP contribution in [0.3, 0.4) is 0 Å². The van der Waals surface area contributed by atoms with Crippen molar-refractivity contribution < 1.29 is 19.0 Å². The highest BCUT2D eigenvalue weighted by Crippen LogP contribution is 2.33. The van der Waals surface area contributed by atoms with E-state index in [2.05, 4.69) is 4.98 Å². The summed E-state index contributed by atoms with van der Waals surface area (Å²) in [5.74, 6) is 1.15. The lowest BCUT2D eigenvalue weighted by Gasteiger charge is -2.13. The molecule has 7 nitrogen and oxygen atoms in total. The monoisotopic (exact) mass is 415 g/mol. The fraction of sp³-hybridized carbons (Fsp3) is 0.381. The van der Waals surface area contributed by atoms with Gasteiger partial charge in [-0.25, -0.2) is 14.3 Å². The van der Waals surface area contributed by atoms with Crippen LogP contribution in [0.5, 0.6) is 5.75 Å². The lowest BCUT2D eigenvalue weighted by atomic mass is 10.2. The highest BCUT2D eigenvalue weighted by atomic mass is 32.2. The van der Waals surface area contributed by atoms with Crippen LogP contribution in [-0.2, 0) is 9.47 Å². The molecule has 3 aromatic rings. The maximum atomic E-state index is 12.8. The van der Waals surface area contributed by atoms with Gasteiger partial charge in [0.05, 0.1) is 18.7 Å². The van der Waals surface area contributed by atoms with E-state index in [1.165, 1.54) is 4.57 Å². The van der Waals surface area contributed by atoms with Gasteiger partial charge in [-0.3, -0.25) is 4.98 Å². The van der Waals surface area contributed by atoms with E-state index >= 15 is 0 Å². The number of methoxy groups -OCH3 is 1. The van der Waals surface area contributed by atoms with Gasteiger partial charge in [-0.2, -0.15) is 0 Å². The van der Waals surface area contributed by atoms with Crippen molar-refractivity contribution in [2.75, 3.05) is 33.2 Å². The van der Waals surface area contributed by atoms with Gasteiger partial charge in [0.15, 0.2) is 5.82 Å². The molecule has 0 aliphatic heterocycles. The number of fused-ring (bicyclic) bond motifs is 1. The Kier molecular flexibility index (Phi) is 7.11. The van der Waals surface area contributed by atoms with Crippen LogP contribution in [-0.4, -0.2) is 53.8 Å². The number of rotatable bonds is 8. The predicted octanol–water partition coefficient (Wildman–Crippen LogP) is 4.55. The second-order valence-electron chi connectivity index (χ2n) is 6.28. The number of aromatic nitrogens is 3. The van der Waals surface area contributed by atoms with Crippen molar-refractivity contribution >= 4 is 28.9 Å². The van der Waals surface area contributed by atoms with Gasteiger partial charge in [0, 0.05) is 36.8 Å². The minimum absolute atomic E-state index is 0.273. The number of nitrogens with zero attached hydrogens (tertiary/aromatic N) is 3. The highest BCUT2D eigenvalue weighted by Gasteiger charge is 2.23. The normalized spacial score (nSPS) is 11.0. The molecule has 0 saturated heterocycles. The molecule has 29 heavy (non-hydrogen) atoms. The third-order valence-electron chi connectivity index (χ3n) is 4.43. The molecule has 3 rings (SSSR count). The molecule has 8 heteroatoms. The fourth-order valence-electron chi connectivity index (χ4n) is 3.06. The Hall–Kier alpha value is -2.58. The molecule has 0 aliphatic rings. The molecule has 0 amide bonds. The number of benzene rings is 1. The molecule has 2 aromatic heterocycles. The van der Waals surface area contributed by atoms with Crippen molar-refractivity contribution in [1.29, 1.82) is 0 Å². The first-order chi connectivity index (χ1) is 14.1. The largest absolute Gasteiger partial charge is 0.493 e. The van der Waals surface area contributed by atoms with E-state index < -0.39 is 6.09 Å². The van der Waals surface area contributed by atoms with Crippen LogP contribution in [0.15, 0.2) is 35.4 Å². The van der Waals surface area contributed by atoms with E-state index in [0.717, 1.165) is 22.4 Å². The van der Waals surface area contributed by atoms with E-state index in [4.69, 9.17) is 19.2 Å². The van der Waals surface area contributed by atoms with Gasteiger partial charge in [-0.05, 0) is 38.3 Å². The molecule has 1 aromatic carbocycles. The summed E-state index contributed by atoms with van der Waals surface area (Å²) in [5.41, 5.74) is 2.84. The number of hydrogen-bond acceptors (Lipinski definition) is 7. The van der Waals surface area contributed by atoms with Crippen LogP contribution in [0.4, 0.5) is 4.79 Å². The first-order valence-corrected chi connectivity index (χ1v) is 10.6. The summed E-state index contributed by atoms with van der Waals surface area (Å²) in [6.07, 6.45) is 3.95. The topological polar surface area (TPSA) is 75.5 Å². The Morgan fingerprint density at radius 1 is 1.24 bits per heavy atom. The Labute approximate surface area is 174 Å². The number of carbonyl (C=O) groups is 1.